The molecule has 6 unspecified atom stereocenters. The first-order chi connectivity index (χ1) is 12.1. The molecule has 2 heteroatoms. The lowest BCUT2D eigenvalue weighted by atomic mass is 9.47. The van der Waals surface area contributed by atoms with Gasteiger partial charge >= 0.3 is 0 Å². The van der Waals surface area contributed by atoms with Crippen molar-refractivity contribution in [2.24, 2.45) is 46.8 Å². The van der Waals surface area contributed by atoms with Crippen molar-refractivity contribution in [1.82, 2.24) is 0 Å². The number of allylic oxidation sites excluding steroid dienone is 2. The van der Waals surface area contributed by atoms with E-state index < -0.39 is 0 Å². The number of hydrogen-bond donors (Lipinski definition) is 1. The van der Waals surface area contributed by atoms with Gasteiger partial charge in [0.2, 0.25) is 0 Å². The van der Waals surface area contributed by atoms with Gasteiger partial charge < -0.3 is 10.1 Å². The number of nitrogens with one attached hydrogen (secondary N) is 1. The summed E-state index contributed by atoms with van der Waals surface area (Å²) in [6.45, 7) is 6.20. The molecule has 0 radical (unpaired) electrons. The maximum Gasteiger partial charge on any atom is 0.0770 e. The molecule has 1 aliphatic heterocycles. The minimum atomic E-state index is 0.262. The molecule has 0 amide bonds. The standard InChI is InChI=1S/C23H33NO/c1-13-10-14-11-15(24)4-5-16(14)17-6-8-22(2)21(20(13)17)18-12-19(18)23(22)7-3-9-25-23/h11,13,16-21,24H,3-10,12H2,1-2H3/t13?,16-,17?,18?,19?,20?,21?,22-,23-/m0/s1. The average molecular weight is 340 g/mol. The van der Waals surface area contributed by atoms with Gasteiger partial charge in [0.15, 0.2) is 0 Å². The molecule has 136 valence electrons. The van der Waals surface area contributed by atoms with Crippen LogP contribution in [0.2, 0.25) is 0 Å². The number of hydrogen-bond acceptors (Lipinski definition) is 2. The predicted octanol–water partition coefficient (Wildman–Crippen LogP) is 5.23. The fourth-order valence-corrected chi connectivity index (χ4v) is 9.10. The van der Waals surface area contributed by atoms with Crippen LogP contribution >= 0.6 is 0 Å². The first-order valence-corrected chi connectivity index (χ1v) is 11.0. The van der Waals surface area contributed by atoms with Gasteiger partial charge in [0.25, 0.3) is 0 Å². The molecule has 1 saturated heterocycles. The normalized spacial score (nSPS) is 59.0. The second-order valence-corrected chi connectivity index (χ2v) is 10.6. The van der Waals surface area contributed by atoms with E-state index in [4.69, 9.17) is 10.1 Å². The van der Waals surface area contributed by atoms with Gasteiger partial charge in [-0.15, -0.1) is 0 Å². The second-order valence-electron chi connectivity index (χ2n) is 10.6. The lowest BCUT2D eigenvalue weighted by Crippen LogP contribution is -2.56. The summed E-state index contributed by atoms with van der Waals surface area (Å²) in [6.07, 6.45) is 12.8. The fourth-order valence-electron chi connectivity index (χ4n) is 9.10. The van der Waals surface area contributed by atoms with E-state index in [9.17, 15) is 0 Å². The Hall–Kier alpha value is -0.630. The highest BCUT2D eigenvalue weighted by atomic mass is 16.5. The van der Waals surface area contributed by atoms with Gasteiger partial charge in [-0.25, -0.2) is 0 Å². The van der Waals surface area contributed by atoms with Crippen LogP contribution in [-0.4, -0.2) is 17.9 Å². The Morgan fingerprint density at radius 3 is 2.88 bits per heavy atom. The maximum atomic E-state index is 8.11. The third-order valence-corrected chi connectivity index (χ3v) is 9.85. The van der Waals surface area contributed by atoms with Gasteiger partial charge in [0.1, 0.15) is 0 Å². The van der Waals surface area contributed by atoms with Crippen LogP contribution < -0.4 is 0 Å². The van der Waals surface area contributed by atoms with Gasteiger partial charge in [-0.05, 0) is 98.9 Å². The molecule has 0 aromatic heterocycles. The predicted molar refractivity (Wildman–Crippen MR) is 99.6 cm³/mol. The summed E-state index contributed by atoms with van der Waals surface area (Å²) in [6, 6.07) is 0. The zero-order chi connectivity index (χ0) is 17.0. The molecule has 2 nitrogen and oxygen atoms in total. The van der Waals surface area contributed by atoms with Gasteiger partial charge in [-0.1, -0.05) is 19.4 Å². The van der Waals surface area contributed by atoms with Crippen molar-refractivity contribution in [3.8, 4) is 0 Å². The van der Waals surface area contributed by atoms with E-state index in [0.717, 1.165) is 60.2 Å². The van der Waals surface area contributed by atoms with Crippen molar-refractivity contribution in [1.29, 1.82) is 5.41 Å². The molecule has 9 atom stereocenters. The maximum absolute atomic E-state index is 8.11. The van der Waals surface area contributed by atoms with Crippen LogP contribution in [0.25, 0.3) is 0 Å². The lowest BCUT2D eigenvalue weighted by Gasteiger charge is -2.59. The molecule has 0 bridgehead atoms. The second kappa shape index (κ2) is 4.80. The fraction of sp³-hybridized carbons (Fsp3) is 0.870. The molecular formula is C23H33NO. The van der Waals surface area contributed by atoms with Crippen molar-refractivity contribution < 1.29 is 4.74 Å². The molecule has 1 spiro atoms. The zero-order valence-corrected chi connectivity index (χ0v) is 15.9. The van der Waals surface area contributed by atoms with Crippen LogP contribution in [0, 0.1) is 52.2 Å². The monoisotopic (exact) mass is 339 g/mol. The summed E-state index contributed by atoms with van der Waals surface area (Å²) in [5.41, 5.74) is 3.25. The third-order valence-electron chi connectivity index (χ3n) is 9.85. The quantitative estimate of drug-likeness (QED) is 0.644. The van der Waals surface area contributed by atoms with E-state index in [1.165, 1.54) is 44.9 Å². The average Bonchev–Trinajstić information content (AvgIpc) is 3.15. The lowest BCUT2D eigenvalue weighted by molar-refractivity contribution is -0.154. The van der Waals surface area contributed by atoms with Crippen LogP contribution in [-0.2, 0) is 4.74 Å². The highest BCUT2D eigenvalue weighted by molar-refractivity contribution is 5.93. The molecule has 4 saturated carbocycles. The van der Waals surface area contributed by atoms with E-state index in [0.29, 0.717) is 5.41 Å². The summed E-state index contributed by atoms with van der Waals surface area (Å²) >= 11 is 0. The molecule has 5 aliphatic carbocycles. The number of fused-ring (bicyclic) bond motifs is 9. The van der Waals surface area contributed by atoms with Gasteiger partial charge in [-0.3, -0.25) is 0 Å². The van der Waals surface area contributed by atoms with E-state index in [1.54, 1.807) is 5.57 Å². The van der Waals surface area contributed by atoms with Crippen LogP contribution in [0.15, 0.2) is 11.6 Å². The molecule has 0 aromatic carbocycles. The van der Waals surface area contributed by atoms with Crippen LogP contribution in [0.5, 0.6) is 0 Å². The van der Waals surface area contributed by atoms with Crippen LogP contribution in [0.4, 0.5) is 0 Å². The summed E-state index contributed by atoms with van der Waals surface area (Å²) < 4.78 is 6.62. The number of rotatable bonds is 0. The first-order valence-electron chi connectivity index (χ1n) is 11.0. The molecule has 6 rings (SSSR count). The van der Waals surface area contributed by atoms with Crippen LogP contribution in [0.3, 0.4) is 0 Å². The first kappa shape index (κ1) is 15.4. The van der Waals surface area contributed by atoms with Crippen LogP contribution in [0.1, 0.15) is 65.2 Å². The van der Waals surface area contributed by atoms with Crippen molar-refractivity contribution in [2.75, 3.05) is 6.61 Å². The smallest absolute Gasteiger partial charge is 0.0770 e. The summed E-state index contributed by atoms with van der Waals surface area (Å²) in [7, 11) is 0. The molecule has 25 heavy (non-hydrogen) atoms. The van der Waals surface area contributed by atoms with E-state index in [2.05, 4.69) is 19.9 Å². The van der Waals surface area contributed by atoms with Gasteiger partial charge in [-0.2, -0.15) is 0 Å². The van der Waals surface area contributed by atoms with Crippen molar-refractivity contribution in [3.05, 3.63) is 11.6 Å². The molecule has 6 aliphatic rings. The highest BCUT2D eigenvalue weighted by Crippen LogP contribution is 2.78. The van der Waals surface area contributed by atoms with Crippen molar-refractivity contribution in [3.63, 3.8) is 0 Å². The topological polar surface area (TPSA) is 33.1 Å². The van der Waals surface area contributed by atoms with E-state index in [-0.39, 0.29) is 5.60 Å². The Labute approximate surface area is 152 Å². The highest BCUT2D eigenvalue weighted by Gasteiger charge is 2.77. The molecule has 1 heterocycles. The molecule has 1 N–H and O–H groups in total. The summed E-state index contributed by atoms with van der Waals surface area (Å²) in [4.78, 5) is 0. The van der Waals surface area contributed by atoms with Crippen molar-refractivity contribution >= 4 is 5.71 Å². The Morgan fingerprint density at radius 2 is 2.08 bits per heavy atom. The zero-order valence-electron chi connectivity index (χ0n) is 15.9. The van der Waals surface area contributed by atoms with Gasteiger partial charge in [0.05, 0.1) is 5.60 Å². The Morgan fingerprint density at radius 1 is 1.20 bits per heavy atom. The molecule has 0 aromatic rings. The van der Waals surface area contributed by atoms with Gasteiger partial charge in [0, 0.05) is 17.7 Å². The SMILES string of the molecule is CC1CC2=CC(=N)CC[C@@H]2C2CC[C@@]3(C)C(C4CC4[C@@]34CCCO4)C12. The third kappa shape index (κ3) is 1.74. The minimum Gasteiger partial charge on any atom is -0.374 e. The Kier molecular flexibility index (Phi) is 2.96. The molecule has 5 fully saturated rings. The largest absolute Gasteiger partial charge is 0.374 e. The Bertz CT molecular complexity index is 659. The number of ether oxygens (including phenoxy) is 1. The summed E-state index contributed by atoms with van der Waals surface area (Å²) in [5.74, 6) is 6.23. The molecular weight excluding hydrogens is 306 g/mol. The minimum absolute atomic E-state index is 0.262. The Balaban J connectivity index is 1.40. The van der Waals surface area contributed by atoms with E-state index >= 15 is 0 Å². The van der Waals surface area contributed by atoms with E-state index in [1.807, 2.05) is 0 Å². The van der Waals surface area contributed by atoms with Crippen molar-refractivity contribution in [2.45, 2.75) is 70.8 Å². The summed E-state index contributed by atoms with van der Waals surface area (Å²) in [5, 5.41) is 8.11.